The Morgan fingerprint density at radius 3 is 2.38 bits per heavy atom. The summed E-state index contributed by atoms with van der Waals surface area (Å²) in [4.78, 5) is 21.9. The maximum absolute atomic E-state index is 11.4. The SMILES string of the molecule is CCCCC(=O)C([C]=O)CC(C)C. The summed E-state index contributed by atoms with van der Waals surface area (Å²) in [5.41, 5.74) is 0. The number of unbranched alkanes of at least 4 members (excludes halogenated alkanes) is 1. The summed E-state index contributed by atoms with van der Waals surface area (Å²) in [6, 6.07) is 0. The van der Waals surface area contributed by atoms with Gasteiger partial charge < -0.3 is 0 Å². The van der Waals surface area contributed by atoms with E-state index in [0.717, 1.165) is 12.8 Å². The summed E-state index contributed by atoms with van der Waals surface area (Å²) in [5.74, 6) is -0.0332. The summed E-state index contributed by atoms with van der Waals surface area (Å²) in [6.45, 7) is 6.06. The highest BCUT2D eigenvalue weighted by molar-refractivity contribution is 5.93. The number of carbonyl (C=O) groups excluding carboxylic acids is 2. The molecule has 0 N–H and O–H groups in total. The van der Waals surface area contributed by atoms with Gasteiger partial charge in [-0.25, -0.2) is 0 Å². The summed E-state index contributed by atoms with van der Waals surface area (Å²) in [5, 5.41) is 0. The van der Waals surface area contributed by atoms with Crippen LogP contribution >= 0.6 is 0 Å². The van der Waals surface area contributed by atoms with Crippen LogP contribution in [0.2, 0.25) is 0 Å². The molecular weight excluding hydrogens is 164 g/mol. The van der Waals surface area contributed by atoms with Crippen LogP contribution in [0.3, 0.4) is 0 Å². The molecule has 0 aliphatic carbocycles. The molecule has 1 radical (unpaired) electrons. The highest BCUT2D eigenvalue weighted by Gasteiger charge is 2.18. The first-order chi connectivity index (χ1) is 6.11. The van der Waals surface area contributed by atoms with Gasteiger partial charge in [-0.15, -0.1) is 0 Å². The fourth-order valence-corrected chi connectivity index (χ4v) is 1.24. The van der Waals surface area contributed by atoms with E-state index in [1.54, 1.807) is 0 Å². The third-order valence-electron chi connectivity index (χ3n) is 2.01. The maximum Gasteiger partial charge on any atom is 0.209 e. The average Bonchev–Trinajstić information content (AvgIpc) is 2.09. The van der Waals surface area contributed by atoms with E-state index in [-0.39, 0.29) is 5.78 Å². The Kier molecular flexibility index (Phi) is 6.47. The molecule has 1 atom stereocenters. The lowest BCUT2D eigenvalue weighted by molar-refractivity contribution is -0.121. The van der Waals surface area contributed by atoms with Gasteiger partial charge >= 0.3 is 0 Å². The van der Waals surface area contributed by atoms with Crippen LogP contribution in [-0.4, -0.2) is 12.1 Å². The minimum absolute atomic E-state index is 0.0607. The lowest BCUT2D eigenvalue weighted by Gasteiger charge is -2.10. The van der Waals surface area contributed by atoms with Crippen LogP contribution in [0, 0.1) is 11.8 Å². The van der Waals surface area contributed by atoms with Gasteiger partial charge in [0.15, 0.2) is 0 Å². The number of carbonyl (C=O) groups is 1. The molecule has 2 nitrogen and oxygen atoms in total. The largest absolute Gasteiger partial charge is 0.299 e. The lowest BCUT2D eigenvalue weighted by Crippen LogP contribution is -2.17. The zero-order valence-corrected chi connectivity index (χ0v) is 8.80. The third-order valence-corrected chi connectivity index (χ3v) is 2.01. The molecule has 0 heterocycles. The molecule has 0 aliphatic rings. The Morgan fingerprint density at radius 1 is 1.38 bits per heavy atom. The summed E-state index contributed by atoms with van der Waals surface area (Å²) < 4.78 is 0. The standard InChI is InChI=1S/C11H19O2/c1-4-5-6-11(13)10(8-12)7-9(2)3/h9-10H,4-7H2,1-3H3. The van der Waals surface area contributed by atoms with Crippen LogP contribution in [0.5, 0.6) is 0 Å². The maximum atomic E-state index is 11.4. The molecule has 0 aromatic heterocycles. The van der Waals surface area contributed by atoms with Crippen LogP contribution in [0.15, 0.2) is 0 Å². The molecule has 2 heteroatoms. The molecule has 0 aliphatic heterocycles. The molecule has 0 rings (SSSR count). The van der Waals surface area contributed by atoms with Crippen LogP contribution in [0.25, 0.3) is 0 Å². The molecule has 0 spiro atoms. The third kappa shape index (κ3) is 5.56. The molecular formula is C11H19O2. The zero-order valence-electron chi connectivity index (χ0n) is 8.80. The first-order valence-electron chi connectivity index (χ1n) is 5.02. The van der Waals surface area contributed by atoms with Gasteiger partial charge in [0.1, 0.15) is 5.78 Å². The highest BCUT2D eigenvalue weighted by Crippen LogP contribution is 2.13. The Balaban J connectivity index is 3.92. The molecule has 0 saturated heterocycles. The van der Waals surface area contributed by atoms with Gasteiger partial charge in [-0.05, 0) is 18.8 Å². The normalized spacial score (nSPS) is 12.9. The van der Waals surface area contributed by atoms with E-state index in [9.17, 15) is 9.59 Å². The van der Waals surface area contributed by atoms with Crippen LogP contribution in [0.1, 0.15) is 46.5 Å². The minimum atomic E-state index is -0.480. The molecule has 0 bridgehead atoms. The second-order valence-corrected chi connectivity index (χ2v) is 3.87. The monoisotopic (exact) mass is 183 g/mol. The Bertz CT molecular complexity index is 161. The van der Waals surface area contributed by atoms with Crippen molar-refractivity contribution < 1.29 is 9.59 Å². The second-order valence-electron chi connectivity index (χ2n) is 3.87. The van der Waals surface area contributed by atoms with Crippen LogP contribution in [0.4, 0.5) is 0 Å². The Morgan fingerprint density at radius 2 is 2.00 bits per heavy atom. The van der Waals surface area contributed by atoms with Crippen molar-refractivity contribution in [2.75, 3.05) is 0 Å². The molecule has 13 heavy (non-hydrogen) atoms. The smallest absolute Gasteiger partial charge is 0.209 e. The fourth-order valence-electron chi connectivity index (χ4n) is 1.24. The van der Waals surface area contributed by atoms with Gasteiger partial charge in [0.05, 0.1) is 5.92 Å². The van der Waals surface area contributed by atoms with E-state index < -0.39 is 5.92 Å². The highest BCUT2D eigenvalue weighted by atomic mass is 16.1. The second kappa shape index (κ2) is 6.81. The van der Waals surface area contributed by atoms with Gasteiger partial charge in [-0.2, -0.15) is 0 Å². The fraction of sp³-hybridized carbons (Fsp3) is 0.818. The van der Waals surface area contributed by atoms with Crippen molar-refractivity contribution >= 4 is 12.1 Å². The van der Waals surface area contributed by atoms with E-state index in [0.29, 0.717) is 18.8 Å². The van der Waals surface area contributed by atoms with E-state index in [1.807, 2.05) is 27.1 Å². The predicted molar refractivity (Wildman–Crippen MR) is 53.2 cm³/mol. The molecule has 75 valence electrons. The molecule has 1 unspecified atom stereocenters. The van der Waals surface area contributed by atoms with Gasteiger partial charge in [0.2, 0.25) is 6.29 Å². The first-order valence-corrected chi connectivity index (χ1v) is 5.02. The summed E-state index contributed by atoms with van der Waals surface area (Å²) in [6.07, 6.45) is 4.90. The minimum Gasteiger partial charge on any atom is -0.299 e. The van der Waals surface area contributed by atoms with E-state index in [2.05, 4.69) is 0 Å². The summed E-state index contributed by atoms with van der Waals surface area (Å²) in [7, 11) is 0. The molecule has 0 aromatic rings. The number of ketones is 1. The van der Waals surface area contributed by atoms with Crippen molar-refractivity contribution in [2.24, 2.45) is 11.8 Å². The quantitative estimate of drug-likeness (QED) is 0.568. The average molecular weight is 183 g/mol. The zero-order chi connectivity index (χ0) is 10.3. The van der Waals surface area contributed by atoms with Gasteiger partial charge in [0.25, 0.3) is 0 Å². The topological polar surface area (TPSA) is 34.1 Å². The van der Waals surface area contributed by atoms with Crippen molar-refractivity contribution in [3.8, 4) is 0 Å². The van der Waals surface area contributed by atoms with Crippen molar-refractivity contribution in [2.45, 2.75) is 46.5 Å². The van der Waals surface area contributed by atoms with Crippen molar-refractivity contribution in [3.63, 3.8) is 0 Å². The van der Waals surface area contributed by atoms with Gasteiger partial charge in [-0.3, -0.25) is 9.59 Å². The number of hydrogen-bond acceptors (Lipinski definition) is 2. The van der Waals surface area contributed by atoms with Crippen molar-refractivity contribution in [1.29, 1.82) is 0 Å². The van der Waals surface area contributed by atoms with Crippen molar-refractivity contribution in [1.82, 2.24) is 0 Å². The number of hydrogen-bond donors (Lipinski definition) is 0. The van der Waals surface area contributed by atoms with Gasteiger partial charge in [-0.1, -0.05) is 27.2 Å². The van der Waals surface area contributed by atoms with Crippen LogP contribution in [-0.2, 0) is 9.59 Å². The molecule has 0 amide bonds. The lowest BCUT2D eigenvalue weighted by atomic mass is 9.92. The van der Waals surface area contributed by atoms with E-state index >= 15 is 0 Å². The number of Topliss-reactive ketones (excluding diaryl/α,β-unsaturated/α-hetero) is 1. The van der Waals surface area contributed by atoms with E-state index in [4.69, 9.17) is 0 Å². The summed E-state index contributed by atoms with van der Waals surface area (Å²) >= 11 is 0. The molecule has 0 saturated carbocycles. The predicted octanol–water partition coefficient (Wildman–Crippen LogP) is 2.52. The van der Waals surface area contributed by atoms with Gasteiger partial charge in [0, 0.05) is 6.42 Å². The Labute approximate surface area is 80.7 Å². The van der Waals surface area contributed by atoms with Crippen LogP contribution < -0.4 is 0 Å². The molecule has 0 aromatic carbocycles. The number of rotatable bonds is 7. The first kappa shape index (κ1) is 12.3. The van der Waals surface area contributed by atoms with Crippen molar-refractivity contribution in [3.05, 3.63) is 0 Å². The molecule has 0 fully saturated rings. The Hall–Kier alpha value is -0.660. The van der Waals surface area contributed by atoms with E-state index in [1.165, 1.54) is 0 Å².